The van der Waals surface area contributed by atoms with Gasteiger partial charge in [0.2, 0.25) is 0 Å². The van der Waals surface area contributed by atoms with E-state index < -0.39 is 17.9 Å². The quantitative estimate of drug-likeness (QED) is 0.580. The molecule has 0 fully saturated rings. The number of carbonyl (C=O) groups is 2. The number of rotatable bonds is 7. The highest BCUT2D eigenvalue weighted by Gasteiger charge is 2.30. The van der Waals surface area contributed by atoms with Gasteiger partial charge in [0, 0.05) is 11.3 Å². The van der Waals surface area contributed by atoms with Crippen LogP contribution in [0, 0.1) is 6.92 Å². The van der Waals surface area contributed by atoms with Crippen molar-refractivity contribution in [2.75, 3.05) is 6.61 Å². The summed E-state index contributed by atoms with van der Waals surface area (Å²) in [5.74, 6) is -2.60. The molecular formula is C19H20ClNO5. The Balaban J connectivity index is 2.57. The number of carboxylic acids is 1. The van der Waals surface area contributed by atoms with Crippen molar-refractivity contribution in [3.05, 3.63) is 57.9 Å². The highest BCUT2D eigenvalue weighted by molar-refractivity contribution is 6.32. The molecule has 2 rings (SSSR count). The summed E-state index contributed by atoms with van der Waals surface area (Å²) >= 11 is 6.16. The van der Waals surface area contributed by atoms with Gasteiger partial charge in [-0.25, -0.2) is 9.78 Å². The van der Waals surface area contributed by atoms with Crippen LogP contribution in [0.3, 0.4) is 0 Å². The molecule has 2 aromatic rings. The van der Waals surface area contributed by atoms with Crippen LogP contribution in [0.4, 0.5) is 0 Å². The molecule has 1 N–H and O–H groups in total. The number of nitrogens with zero attached hydrogens (tertiary/aromatic N) is 1. The minimum atomic E-state index is -1.06. The Morgan fingerprint density at radius 3 is 2.50 bits per heavy atom. The van der Waals surface area contributed by atoms with Crippen LogP contribution in [0.5, 0.6) is 5.75 Å². The largest absolute Gasteiger partial charge is 0.487 e. The maximum Gasteiger partial charge on any atom is 0.345 e. The first-order chi connectivity index (χ1) is 12.4. The number of benzene rings is 1. The summed E-state index contributed by atoms with van der Waals surface area (Å²) in [6.07, 6.45) is 0. The van der Waals surface area contributed by atoms with E-state index in [-0.39, 0.29) is 29.7 Å². The average Bonchev–Trinajstić information content (AvgIpc) is 2.60. The van der Waals surface area contributed by atoms with E-state index in [1.165, 1.54) is 6.92 Å². The van der Waals surface area contributed by atoms with E-state index >= 15 is 0 Å². The molecule has 0 amide bonds. The third kappa shape index (κ3) is 4.32. The second kappa shape index (κ2) is 8.67. The van der Waals surface area contributed by atoms with Crippen LogP contribution in [0.25, 0.3) is 0 Å². The zero-order chi connectivity index (χ0) is 19.3. The Hall–Kier alpha value is -2.60. The van der Waals surface area contributed by atoms with Crippen molar-refractivity contribution >= 4 is 23.5 Å². The number of carboxylic acid groups (broad SMARTS) is 1. The number of esters is 1. The third-order valence-corrected chi connectivity index (χ3v) is 4.12. The lowest BCUT2D eigenvalue weighted by Crippen LogP contribution is -2.17. The lowest BCUT2D eigenvalue weighted by atomic mass is 9.96. The summed E-state index contributed by atoms with van der Waals surface area (Å²) in [7, 11) is 0. The van der Waals surface area contributed by atoms with Crippen molar-refractivity contribution in [1.29, 1.82) is 0 Å². The maximum atomic E-state index is 12.4. The van der Waals surface area contributed by atoms with Gasteiger partial charge < -0.3 is 14.6 Å². The molecule has 0 spiro atoms. The lowest BCUT2D eigenvalue weighted by molar-refractivity contribution is -0.138. The predicted molar refractivity (Wildman–Crippen MR) is 96.8 cm³/mol. The molecule has 26 heavy (non-hydrogen) atoms. The Bertz CT molecular complexity index is 807. The predicted octanol–water partition coefficient (Wildman–Crippen LogP) is 3.99. The van der Waals surface area contributed by atoms with Gasteiger partial charge >= 0.3 is 11.9 Å². The van der Waals surface area contributed by atoms with Crippen molar-refractivity contribution in [2.24, 2.45) is 0 Å². The van der Waals surface area contributed by atoms with Gasteiger partial charge in [0.05, 0.1) is 12.5 Å². The van der Waals surface area contributed by atoms with Crippen LogP contribution in [-0.4, -0.2) is 28.6 Å². The summed E-state index contributed by atoms with van der Waals surface area (Å²) in [5.41, 5.74) is 1.50. The zero-order valence-corrected chi connectivity index (χ0v) is 15.5. The van der Waals surface area contributed by atoms with E-state index in [2.05, 4.69) is 4.98 Å². The minimum absolute atomic E-state index is 0.0573. The highest BCUT2D eigenvalue weighted by Crippen LogP contribution is 2.37. The number of pyridine rings is 1. The van der Waals surface area contributed by atoms with Crippen molar-refractivity contribution in [1.82, 2.24) is 4.98 Å². The molecule has 0 saturated heterocycles. The fraction of sp³-hybridized carbons (Fsp3) is 0.316. The molecule has 138 valence electrons. The molecule has 1 aromatic carbocycles. The molecule has 0 aliphatic rings. The van der Waals surface area contributed by atoms with Gasteiger partial charge in [-0.3, -0.25) is 4.79 Å². The number of halogens is 1. The Labute approximate surface area is 156 Å². The molecule has 7 heteroatoms. The first-order valence-electron chi connectivity index (χ1n) is 8.13. The van der Waals surface area contributed by atoms with E-state index in [9.17, 15) is 14.7 Å². The number of aryl methyl sites for hydroxylation is 1. The van der Waals surface area contributed by atoms with Gasteiger partial charge in [-0.05, 0) is 26.3 Å². The number of aliphatic carboxylic acids is 1. The number of aromatic nitrogens is 1. The highest BCUT2D eigenvalue weighted by atomic mass is 35.5. The van der Waals surface area contributed by atoms with E-state index in [0.29, 0.717) is 11.3 Å². The SMILES string of the molecule is CCOC(=O)c1c(Cl)nc(C)c(C(C)C(=O)O)c1OCc1ccccc1. The summed E-state index contributed by atoms with van der Waals surface area (Å²) in [4.78, 5) is 28.0. The van der Waals surface area contributed by atoms with Crippen LogP contribution in [0.1, 0.15) is 46.9 Å². The number of hydrogen-bond donors (Lipinski definition) is 1. The molecule has 0 aliphatic carbocycles. The molecule has 0 aliphatic heterocycles. The second-order valence-corrected chi connectivity index (χ2v) is 6.02. The molecule has 1 unspecified atom stereocenters. The summed E-state index contributed by atoms with van der Waals surface area (Å²) in [6, 6.07) is 9.31. The van der Waals surface area contributed by atoms with Crippen LogP contribution in [0.15, 0.2) is 30.3 Å². The third-order valence-electron chi connectivity index (χ3n) is 3.84. The second-order valence-electron chi connectivity index (χ2n) is 5.66. The zero-order valence-electron chi connectivity index (χ0n) is 14.8. The van der Waals surface area contributed by atoms with E-state index in [0.717, 1.165) is 5.56 Å². The van der Waals surface area contributed by atoms with Gasteiger partial charge in [-0.15, -0.1) is 0 Å². The average molecular weight is 378 g/mol. The molecule has 1 heterocycles. The summed E-state index contributed by atoms with van der Waals surface area (Å²) in [5, 5.41) is 9.36. The Morgan fingerprint density at radius 1 is 1.27 bits per heavy atom. The molecule has 0 radical (unpaired) electrons. The van der Waals surface area contributed by atoms with Crippen LogP contribution in [-0.2, 0) is 16.1 Å². The van der Waals surface area contributed by atoms with Gasteiger partial charge in [0.1, 0.15) is 23.1 Å². The summed E-state index contributed by atoms with van der Waals surface area (Å²) in [6.45, 7) is 5.09. The van der Waals surface area contributed by atoms with Gasteiger partial charge in [-0.2, -0.15) is 0 Å². The fourth-order valence-corrected chi connectivity index (χ4v) is 2.84. The molecule has 1 atom stereocenters. The normalized spacial score (nSPS) is 11.7. The van der Waals surface area contributed by atoms with Crippen LogP contribution >= 0.6 is 11.6 Å². The minimum Gasteiger partial charge on any atom is -0.487 e. The lowest BCUT2D eigenvalue weighted by Gasteiger charge is -2.20. The molecule has 0 bridgehead atoms. The number of hydrogen-bond acceptors (Lipinski definition) is 5. The molecular weight excluding hydrogens is 358 g/mol. The molecule has 1 aromatic heterocycles. The smallest absolute Gasteiger partial charge is 0.345 e. The van der Waals surface area contributed by atoms with Crippen LogP contribution in [0.2, 0.25) is 5.15 Å². The van der Waals surface area contributed by atoms with Crippen molar-refractivity contribution in [3.63, 3.8) is 0 Å². The van der Waals surface area contributed by atoms with Crippen LogP contribution < -0.4 is 4.74 Å². The summed E-state index contributed by atoms with van der Waals surface area (Å²) < 4.78 is 10.9. The van der Waals surface area contributed by atoms with Gasteiger partial charge in [0.25, 0.3) is 0 Å². The van der Waals surface area contributed by atoms with Crippen molar-refractivity contribution in [3.8, 4) is 5.75 Å². The number of ether oxygens (including phenoxy) is 2. The Morgan fingerprint density at radius 2 is 1.92 bits per heavy atom. The van der Waals surface area contributed by atoms with E-state index in [1.54, 1.807) is 13.8 Å². The van der Waals surface area contributed by atoms with Gasteiger partial charge in [-0.1, -0.05) is 41.9 Å². The Kier molecular flexibility index (Phi) is 6.58. The topological polar surface area (TPSA) is 85.7 Å². The van der Waals surface area contributed by atoms with Crippen molar-refractivity contribution < 1.29 is 24.2 Å². The first kappa shape index (κ1) is 19.7. The van der Waals surface area contributed by atoms with E-state index in [1.807, 2.05) is 30.3 Å². The standard InChI is InChI=1S/C19H20ClNO5/c1-4-25-19(24)15-16(26-10-13-8-6-5-7-9-13)14(11(2)18(22)23)12(3)21-17(15)20/h5-9,11H,4,10H2,1-3H3,(H,22,23). The monoisotopic (exact) mass is 377 g/mol. The van der Waals surface area contributed by atoms with Crippen molar-refractivity contribution in [2.45, 2.75) is 33.3 Å². The van der Waals surface area contributed by atoms with Gasteiger partial charge in [0.15, 0.2) is 0 Å². The first-order valence-corrected chi connectivity index (χ1v) is 8.51. The fourth-order valence-electron chi connectivity index (χ4n) is 2.55. The number of carbonyl (C=O) groups excluding carboxylic acids is 1. The molecule has 6 nitrogen and oxygen atoms in total. The maximum absolute atomic E-state index is 12.4. The van der Waals surface area contributed by atoms with E-state index in [4.69, 9.17) is 21.1 Å². The molecule has 0 saturated carbocycles.